The SMILES string of the molecule is Cc1ccc(C(C(=O)O)N2CCOCC2)cc1. The van der Waals surface area contributed by atoms with Crippen LogP contribution in [0, 0.1) is 6.92 Å². The summed E-state index contributed by atoms with van der Waals surface area (Å²) in [5, 5.41) is 9.37. The summed E-state index contributed by atoms with van der Waals surface area (Å²) in [6.07, 6.45) is 0. The van der Waals surface area contributed by atoms with Crippen molar-refractivity contribution in [2.45, 2.75) is 13.0 Å². The Morgan fingerprint density at radius 1 is 1.29 bits per heavy atom. The van der Waals surface area contributed by atoms with Crippen LogP contribution in [0.4, 0.5) is 0 Å². The molecule has 1 heterocycles. The van der Waals surface area contributed by atoms with E-state index in [2.05, 4.69) is 0 Å². The van der Waals surface area contributed by atoms with Crippen molar-refractivity contribution < 1.29 is 14.6 Å². The lowest BCUT2D eigenvalue weighted by Crippen LogP contribution is -2.42. The molecule has 0 aromatic heterocycles. The van der Waals surface area contributed by atoms with Gasteiger partial charge < -0.3 is 9.84 Å². The molecule has 0 radical (unpaired) electrons. The van der Waals surface area contributed by atoms with E-state index >= 15 is 0 Å². The Bertz CT molecular complexity index is 382. The van der Waals surface area contributed by atoms with Crippen LogP contribution in [-0.4, -0.2) is 42.3 Å². The lowest BCUT2D eigenvalue weighted by atomic mass is 10.0. The van der Waals surface area contributed by atoms with Gasteiger partial charge >= 0.3 is 5.97 Å². The predicted molar refractivity (Wildman–Crippen MR) is 63.9 cm³/mol. The molecule has 4 nitrogen and oxygen atoms in total. The molecule has 1 fully saturated rings. The topological polar surface area (TPSA) is 49.8 Å². The third-order valence-corrected chi connectivity index (χ3v) is 3.04. The van der Waals surface area contributed by atoms with E-state index in [1.165, 1.54) is 0 Å². The van der Waals surface area contributed by atoms with Gasteiger partial charge in [-0.3, -0.25) is 9.69 Å². The van der Waals surface area contributed by atoms with Crippen molar-refractivity contribution in [1.82, 2.24) is 4.90 Å². The Morgan fingerprint density at radius 2 is 1.88 bits per heavy atom. The van der Waals surface area contributed by atoms with Gasteiger partial charge in [-0.1, -0.05) is 29.8 Å². The van der Waals surface area contributed by atoms with E-state index < -0.39 is 12.0 Å². The molecule has 1 aromatic rings. The molecule has 17 heavy (non-hydrogen) atoms. The van der Waals surface area contributed by atoms with Gasteiger partial charge in [0.2, 0.25) is 0 Å². The zero-order chi connectivity index (χ0) is 12.3. The molecule has 1 atom stereocenters. The smallest absolute Gasteiger partial charge is 0.325 e. The maximum Gasteiger partial charge on any atom is 0.325 e. The number of hydrogen-bond acceptors (Lipinski definition) is 3. The summed E-state index contributed by atoms with van der Waals surface area (Å²) in [6.45, 7) is 4.55. The number of carboxylic acid groups (broad SMARTS) is 1. The third kappa shape index (κ3) is 2.84. The number of rotatable bonds is 3. The standard InChI is InChI=1S/C13H17NO3/c1-10-2-4-11(5-3-10)12(13(15)16)14-6-8-17-9-7-14/h2-5,12H,6-9H2,1H3,(H,15,16). The van der Waals surface area contributed by atoms with Crippen LogP contribution in [0.5, 0.6) is 0 Å². The molecule has 0 saturated carbocycles. The van der Waals surface area contributed by atoms with Gasteiger partial charge in [0.15, 0.2) is 0 Å². The maximum atomic E-state index is 11.4. The molecule has 0 spiro atoms. The molecule has 0 amide bonds. The molecule has 2 rings (SSSR count). The monoisotopic (exact) mass is 235 g/mol. The van der Waals surface area contributed by atoms with Crippen molar-refractivity contribution in [1.29, 1.82) is 0 Å². The van der Waals surface area contributed by atoms with E-state index in [0.717, 1.165) is 11.1 Å². The first-order valence-electron chi connectivity index (χ1n) is 5.79. The van der Waals surface area contributed by atoms with Gasteiger partial charge in [-0.25, -0.2) is 0 Å². The number of aliphatic carboxylic acids is 1. The minimum Gasteiger partial charge on any atom is -0.480 e. The molecule has 1 unspecified atom stereocenters. The van der Waals surface area contributed by atoms with E-state index in [0.29, 0.717) is 26.3 Å². The minimum atomic E-state index is -0.796. The number of hydrogen-bond donors (Lipinski definition) is 1. The quantitative estimate of drug-likeness (QED) is 0.861. The zero-order valence-electron chi connectivity index (χ0n) is 9.93. The van der Waals surface area contributed by atoms with Crippen molar-refractivity contribution in [2.75, 3.05) is 26.3 Å². The molecule has 4 heteroatoms. The summed E-state index contributed by atoms with van der Waals surface area (Å²) in [4.78, 5) is 13.4. The molecule has 1 aromatic carbocycles. The van der Waals surface area contributed by atoms with Crippen molar-refractivity contribution in [3.63, 3.8) is 0 Å². The van der Waals surface area contributed by atoms with Crippen LogP contribution >= 0.6 is 0 Å². The second kappa shape index (κ2) is 5.29. The molecule has 1 N–H and O–H groups in total. The van der Waals surface area contributed by atoms with Gasteiger partial charge in [0.1, 0.15) is 6.04 Å². The summed E-state index contributed by atoms with van der Waals surface area (Å²) in [5.74, 6) is -0.796. The molecule has 1 aliphatic heterocycles. The number of nitrogens with zero attached hydrogens (tertiary/aromatic N) is 1. The lowest BCUT2D eigenvalue weighted by Gasteiger charge is -2.32. The summed E-state index contributed by atoms with van der Waals surface area (Å²) < 4.78 is 5.25. The molecular weight excluding hydrogens is 218 g/mol. The van der Waals surface area contributed by atoms with E-state index in [1.54, 1.807) is 0 Å². The molecule has 1 saturated heterocycles. The second-order valence-corrected chi connectivity index (χ2v) is 4.30. The van der Waals surface area contributed by atoms with E-state index in [4.69, 9.17) is 4.74 Å². The van der Waals surface area contributed by atoms with E-state index in [1.807, 2.05) is 36.1 Å². The number of aryl methyl sites for hydroxylation is 1. The van der Waals surface area contributed by atoms with Gasteiger partial charge in [-0.05, 0) is 12.5 Å². The van der Waals surface area contributed by atoms with Crippen molar-refractivity contribution in [3.8, 4) is 0 Å². The van der Waals surface area contributed by atoms with Crippen LogP contribution in [0.1, 0.15) is 17.2 Å². The maximum absolute atomic E-state index is 11.4. The molecular formula is C13H17NO3. The average Bonchev–Trinajstić information content (AvgIpc) is 2.33. The second-order valence-electron chi connectivity index (χ2n) is 4.30. The highest BCUT2D eigenvalue weighted by Gasteiger charge is 2.28. The Balaban J connectivity index is 2.21. The van der Waals surface area contributed by atoms with Crippen LogP contribution in [0.2, 0.25) is 0 Å². The highest BCUT2D eigenvalue weighted by molar-refractivity contribution is 5.75. The Kier molecular flexibility index (Phi) is 3.76. The normalized spacial score (nSPS) is 18.9. The van der Waals surface area contributed by atoms with Crippen molar-refractivity contribution in [3.05, 3.63) is 35.4 Å². The number of morpholine rings is 1. The van der Waals surface area contributed by atoms with Crippen molar-refractivity contribution in [2.24, 2.45) is 0 Å². The van der Waals surface area contributed by atoms with Crippen LogP contribution in [0.15, 0.2) is 24.3 Å². The summed E-state index contributed by atoms with van der Waals surface area (Å²) in [6, 6.07) is 7.13. The fourth-order valence-electron chi connectivity index (χ4n) is 2.09. The number of carbonyl (C=O) groups is 1. The summed E-state index contributed by atoms with van der Waals surface area (Å²) >= 11 is 0. The summed E-state index contributed by atoms with van der Waals surface area (Å²) in [7, 11) is 0. The fraction of sp³-hybridized carbons (Fsp3) is 0.462. The van der Waals surface area contributed by atoms with Crippen LogP contribution in [0.25, 0.3) is 0 Å². The molecule has 0 aliphatic carbocycles. The highest BCUT2D eigenvalue weighted by Crippen LogP contribution is 2.22. The lowest BCUT2D eigenvalue weighted by molar-refractivity contribution is -0.145. The first kappa shape index (κ1) is 12.1. The third-order valence-electron chi connectivity index (χ3n) is 3.04. The summed E-state index contributed by atoms with van der Waals surface area (Å²) in [5.41, 5.74) is 1.98. The Hall–Kier alpha value is -1.39. The van der Waals surface area contributed by atoms with E-state index in [9.17, 15) is 9.90 Å². The number of ether oxygens (including phenoxy) is 1. The van der Waals surface area contributed by atoms with E-state index in [-0.39, 0.29) is 0 Å². The van der Waals surface area contributed by atoms with Gasteiger partial charge in [0.05, 0.1) is 13.2 Å². The fourth-order valence-corrected chi connectivity index (χ4v) is 2.09. The molecule has 1 aliphatic rings. The number of benzene rings is 1. The predicted octanol–water partition coefficient (Wildman–Crippen LogP) is 1.45. The Morgan fingerprint density at radius 3 is 2.41 bits per heavy atom. The van der Waals surface area contributed by atoms with Gasteiger partial charge in [-0.2, -0.15) is 0 Å². The highest BCUT2D eigenvalue weighted by atomic mass is 16.5. The van der Waals surface area contributed by atoms with Gasteiger partial charge in [0, 0.05) is 13.1 Å². The average molecular weight is 235 g/mol. The first-order valence-corrected chi connectivity index (χ1v) is 5.79. The van der Waals surface area contributed by atoms with Gasteiger partial charge in [-0.15, -0.1) is 0 Å². The van der Waals surface area contributed by atoms with Gasteiger partial charge in [0.25, 0.3) is 0 Å². The van der Waals surface area contributed by atoms with Crippen LogP contribution < -0.4 is 0 Å². The van der Waals surface area contributed by atoms with Crippen LogP contribution in [0.3, 0.4) is 0 Å². The van der Waals surface area contributed by atoms with Crippen LogP contribution in [-0.2, 0) is 9.53 Å². The molecule has 92 valence electrons. The van der Waals surface area contributed by atoms with Crippen molar-refractivity contribution >= 4 is 5.97 Å². The molecule has 0 bridgehead atoms. The largest absolute Gasteiger partial charge is 0.480 e. The minimum absolute atomic E-state index is 0.556. The zero-order valence-corrected chi connectivity index (χ0v) is 9.93. The first-order chi connectivity index (χ1) is 8.18. The number of carboxylic acids is 1. The Labute approximate surface area is 101 Å².